The lowest BCUT2D eigenvalue weighted by molar-refractivity contribution is 0.476. The molecule has 0 unspecified atom stereocenters. The zero-order chi connectivity index (χ0) is 8.55. The summed E-state index contributed by atoms with van der Waals surface area (Å²) in [6.45, 7) is 0. The second kappa shape index (κ2) is 2.37. The highest BCUT2D eigenvalue weighted by molar-refractivity contribution is 5.92. The lowest BCUT2D eigenvalue weighted by atomic mass is 10.2. The van der Waals surface area contributed by atoms with E-state index in [0.29, 0.717) is 5.69 Å². The number of aromatic hydroxyl groups is 1. The Morgan fingerprint density at radius 1 is 1.25 bits per heavy atom. The van der Waals surface area contributed by atoms with Crippen molar-refractivity contribution in [1.29, 1.82) is 0 Å². The van der Waals surface area contributed by atoms with Crippen LogP contribution in [-0.2, 0) is 0 Å². The lowest BCUT2D eigenvalue weighted by Gasteiger charge is -2.01. The molecule has 0 fully saturated rings. The molecule has 2 aromatic rings. The number of rotatable bonds is 0. The van der Waals surface area contributed by atoms with E-state index in [4.69, 9.17) is 5.73 Å². The molecule has 0 aliphatic carbocycles. The van der Waals surface area contributed by atoms with Crippen molar-refractivity contribution < 1.29 is 5.11 Å². The van der Waals surface area contributed by atoms with Gasteiger partial charge in [-0.2, -0.15) is 0 Å². The molecule has 1 aromatic heterocycles. The molecule has 0 amide bonds. The average molecular weight is 160 g/mol. The predicted octanol–water partition coefficient (Wildman–Crippen LogP) is 1.52. The van der Waals surface area contributed by atoms with Crippen LogP contribution in [0, 0.1) is 0 Å². The Balaban J connectivity index is 2.91. The van der Waals surface area contributed by atoms with Crippen LogP contribution in [0.2, 0.25) is 0 Å². The number of fused-ring (bicyclic) bond motifs is 1. The maximum absolute atomic E-state index is 9.23. The molecule has 0 spiro atoms. The molecule has 60 valence electrons. The van der Waals surface area contributed by atoms with Crippen molar-refractivity contribution >= 4 is 16.6 Å². The van der Waals surface area contributed by atoms with Crippen LogP contribution in [0.4, 0.5) is 5.69 Å². The van der Waals surface area contributed by atoms with Crippen LogP contribution in [0.3, 0.4) is 0 Å². The van der Waals surface area contributed by atoms with Crippen LogP contribution in [0.25, 0.3) is 10.9 Å². The Labute approximate surface area is 69.5 Å². The summed E-state index contributed by atoms with van der Waals surface area (Å²) >= 11 is 0. The number of aromatic nitrogens is 1. The fourth-order valence-corrected chi connectivity index (χ4v) is 1.15. The van der Waals surface area contributed by atoms with Gasteiger partial charge in [-0.15, -0.1) is 0 Å². The van der Waals surface area contributed by atoms with Crippen LogP contribution in [0.5, 0.6) is 5.75 Å². The van der Waals surface area contributed by atoms with E-state index in [0.717, 1.165) is 10.9 Å². The number of nitrogen functional groups attached to an aromatic ring is 1. The summed E-state index contributed by atoms with van der Waals surface area (Å²) in [5.41, 5.74) is 6.82. The van der Waals surface area contributed by atoms with E-state index in [9.17, 15) is 5.11 Å². The smallest absolute Gasteiger partial charge is 0.157 e. The van der Waals surface area contributed by atoms with Gasteiger partial charge in [0.15, 0.2) is 5.75 Å². The van der Waals surface area contributed by atoms with Crippen LogP contribution in [0.1, 0.15) is 0 Å². The fourth-order valence-electron chi connectivity index (χ4n) is 1.15. The molecule has 0 aliphatic rings. The first-order valence-electron chi connectivity index (χ1n) is 3.61. The van der Waals surface area contributed by atoms with E-state index in [1.165, 1.54) is 6.20 Å². The monoisotopic (exact) mass is 160 g/mol. The summed E-state index contributed by atoms with van der Waals surface area (Å²) in [7, 11) is 0. The third-order valence-electron chi connectivity index (χ3n) is 1.80. The van der Waals surface area contributed by atoms with Crippen molar-refractivity contribution in [3.05, 3.63) is 30.5 Å². The van der Waals surface area contributed by atoms with Crippen molar-refractivity contribution in [2.45, 2.75) is 0 Å². The second-order valence-corrected chi connectivity index (χ2v) is 2.57. The Morgan fingerprint density at radius 3 is 2.83 bits per heavy atom. The van der Waals surface area contributed by atoms with Crippen molar-refractivity contribution in [2.75, 3.05) is 5.73 Å². The van der Waals surface area contributed by atoms with Gasteiger partial charge in [-0.3, -0.25) is 4.98 Å². The maximum Gasteiger partial charge on any atom is 0.157 e. The van der Waals surface area contributed by atoms with Gasteiger partial charge in [0, 0.05) is 5.39 Å². The maximum atomic E-state index is 9.23. The highest BCUT2D eigenvalue weighted by Crippen LogP contribution is 2.26. The molecular formula is C9H8N2O. The molecule has 2 rings (SSSR count). The van der Waals surface area contributed by atoms with E-state index < -0.39 is 0 Å². The van der Waals surface area contributed by atoms with Gasteiger partial charge in [0.2, 0.25) is 0 Å². The number of hydrogen-bond donors (Lipinski definition) is 2. The first-order chi connectivity index (χ1) is 5.79. The van der Waals surface area contributed by atoms with Gasteiger partial charge in [-0.1, -0.05) is 18.2 Å². The van der Waals surface area contributed by atoms with Gasteiger partial charge in [0.25, 0.3) is 0 Å². The zero-order valence-electron chi connectivity index (χ0n) is 6.36. The van der Waals surface area contributed by atoms with E-state index in [-0.39, 0.29) is 5.75 Å². The van der Waals surface area contributed by atoms with Crippen LogP contribution < -0.4 is 5.73 Å². The number of nitrogens with two attached hydrogens (primary N) is 1. The number of anilines is 1. The number of para-hydroxylation sites is 1. The van der Waals surface area contributed by atoms with Gasteiger partial charge in [-0.05, 0) is 6.07 Å². The molecule has 3 N–H and O–H groups in total. The topological polar surface area (TPSA) is 59.1 Å². The molecule has 0 atom stereocenters. The number of benzene rings is 1. The minimum Gasteiger partial charge on any atom is -0.504 e. The third kappa shape index (κ3) is 0.871. The Morgan fingerprint density at radius 2 is 2.00 bits per heavy atom. The second-order valence-electron chi connectivity index (χ2n) is 2.57. The summed E-state index contributed by atoms with van der Waals surface area (Å²) in [5.74, 6) is 0.0358. The SMILES string of the molecule is Nc1c(O)cnc2ccccc12. The molecule has 12 heavy (non-hydrogen) atoms. The molecule has 1 aromatic carbocycles. The molecule has 0 saturated heterocycles. The van der Waals surface area contributed by atoms with E-state index in [1.54, 1.807) is 0 Å². The summed E-state index contributed by atoms with van der Waals surface area (Å²) in [5, 5.41) is 10.0. The summed E-state index contributed by atoms with van der Waals surface area (Å²) in [6, 6.07) is 7.42. The molecule has 0 radical (unpaired) electrons. The zero-order valence-corrected chi connectivity index (χ0v) is 6.36. The van der Waals surface area contributed by atoms with Crippen molar-refractivity contribution in [2.24, 2.45) is 0 Å². The van der Waals surface area contributed by atoms with E-state index in [1.807, 2.05) is 24.3 Å². The predicted molar refractivity (Wildman–Crippen MR) is 47.8 cm³/mol. The fraction of sp³-hybridized carbons (Fsp3) is 0. The van der Waals surface area contributed by atoms with Crippen molar-refractivity contribution in [3.8, 4) is 5.75 Å². The van der Waals surface area contributed by atoms with Gasteiger partial charge in [0.1, 0.15) is 0 Å². The first kappa shape index (κ1) is 6.91. The average Bonchev–Trinajstić information content (AvgIpc) is 2.12. The number of hydrogen-bond acceptors (Lipinski definition) is 3. The third-order valence-corrected chi connectivity index (χ3v) is 1.80. The number of pyridine rings is 1. The highest BCUT2D eigenvalue weighted by Gasteiger charge is 2.01. The van der Waals surface area contributed by atoms with Gasteiger partial charge < -0.3 is 10.8 Å². The molecule has 1 heterocycles. The minimum atomic E-state index is 0.0358. The minimum absolute atomic E-state index is 0.0358. The van der Waals surface area contributed by atoms with Crippen molar-refractivity contribution in [3.63, 3.8) is 0 Å². The highest BCUT2D eigenvalue weighted by atomic mass is 16.3. The first-order valence-corrected chi connectivity index (χ1v) is 3.61. The quantitative estimate of drug-likeness (QED) is 0.614. The standard InChI is InChI=1S/C9H8N2O/c10-9-6-3-1-2-4-7(6)11-5-8(9)12/h1-5,12H,(H2,10,11). The normalized spacial score (nSPS) is 10.3. The Hall–Kier alpha value is -1.77. The van der Waals surface area contributed by atoms with Gasteiger partial charge in [-0.25, -0.2) is 0 Å². The summed E-state index contributed by atoms with van der Waals surface area (Å²) in [6.07, 6.45) is 1.36. The Bertz CT molecular complexity index is 426. The largest absolute Gasteiger partial charge is 0.504 e. The van der Waals surface area contributed by atoms with Crippen molar-refractivity contribution in [1.82, 2.24) is 4.98 Å². The molecular weight excluding hydrogens is 152 g/mol. The van der Waals surface area contributed by atoms with Gasteiger partial charge in [0.05, 0.1) is 17.4 Å². The van der Waals surface area contributed by atoms with E-state index >= 15 is 0 Å². The van der Waals surface area contributed by atoms with Crippen LogP contribution in [-0.4, -0.2) is 10.1 Å². The van der Waals surface area contributed by atoms with Gasteiger partial charge >= 0.3 is 0 Å². The summed E-state index contributed by atoms with van der Waals surface area (Å²) in [4.78, 5) is 4.01. The molecule has 3 heteroatoms. The molecule has 3 nitrogen and oxygen atoms in total. The molecule has 0 saturated carbocycles. The van der Waals surface area contributed by atoms with Crippen LogP contribution in [0.15, 0.2) is 30.5 Å². The Kier molecular flexibility index (Phi) is 1.37. The number of nitrogens with zero attached hydrogens (tertiary/aromatic N) is 1. The molecule has 0 bridgehead atoms. The lowest BCUT2D eigenvalue weighted by Crippen LogP contribution is -1.89. The molecule has 0 aliphatic heterocycles. The summed E-state index contributed by atoms with van der Waals surface area (Å²) < 4.78 is 0. The van der Waals surface area contributed by atoms with E-state index in [2.05, 4.69) is 4.98 Å². The van der Waals surface area contributed by atoms with Crippen LogP contribution >= 0.6 is 0 Å².